The molecule has 18 heavy (non-hydrogen) atoms. The van der Waals surface area contributed by atoms with Crippen LogP contribution in [0.5, 0.6) is 0 Å². The molecule has 0 bridgehead atoms. The molecule has 1 heterocycles. The SMILES string of the molecule is CCCCNC(=O)c1nc(Cl)sc1C(=O)OCC. The lowest BCUT2D eigenvalue weighted by molar-refractivity contribution is 0.0528. The topological polar surface area (TPSA) is 68.3 Å². The van der Waals surface area contributed by atoms with Crippen molar-refractivity contribution in [2.75, 3.05) is 13.2 Å². The van der Waals surface area contributed by atoms with Crippen LogP contribution in [0.3, 0.4) is 0 Å². The molecule has 0 aliphatic rings. The molecule has 100 valence electrons. The van der Waals surface area contributed by atoms with Crippen LogP contribution in [0.2, 0.25) is 4.47 Å². The third kappa shape index (κ3) is 3.96. The molecule has 0 aliphatic heterocycles. The van der Waals surface area contributed by atoms with E-state index in [2.05, 4.69) is 10.3 Å². The highest BCUT2D eigenvalue weighted by Gasteiger charge is 2.23. The van der Waals surface area contributed by atoms with Crippen molar-refractivity contribution in [3.8, 4) is 0 Å². The van der Waals surface area contributed by atoms with Crippen LogP contribution >= 0.6 is 22.9 Å². The number of carbonyl (C=O) groups is 2. The first-order valence-electron chi connectivity index (χ1n) is 5.71. The maximum absolute atomic E-state index is 11.8. The molecule has 1 rings (SSSR count). The molecular formula is C11H15ClN2O3S. The molecule has 1 N–H and O–H groups in total. The van der Waals surface area contributed by atoms with Gasteiger partial charge in [-0.2, -0.15) is 0 Å². The number of carbonyl (C=O) groups excluding carboxylic acids is 2. The normalized spacial score (nSPS) is 10.2. The van der Waals surface area contributed by atoms with Crippen molar-refractivity contribution in [3.05, 3.63) is 15.0 Å². The van der Waals surface area contributed by atoms with Gasteiger partial charge in [0.15, 0.2) is 10.2 Å². The fourth-order valence-corrected chi connectivity index (χ4v) is 2.24. The number of esters is 1. The van der Waals surface area contributed by atoms with Crippen LogP contribution in [0.4, 0.5) is 0 Å². The Balaban J connectivity index is 2.81. The van der Waals surface area contributed by atoms with Crippen molar-refractivity contribution in [2.24, 2.45) is 0 Å². The number of aromatic nitrogens is 1. The van der Waals surface area contributed by atoms with Gasteiger partial charge in [-0.1, -0.05) is 36.3 Å². The second-order valence-corrected chi connectivity index (χ2v) is 5.06. The molecule has 0 unspecified atom stereocenters. The minimum atomic E-state index is -0.567. The van der Waals surface area contributed by atoms with Crippen LogP contribution in [0.25, 0.3) is 0 Å². The lowest BCUT2D eigenvalue weighted by atomic mass is 10.3. The molecule has 0 spiro atoms. The molecule has 1 aromatic rings. The van der Waals surface area contributed by atoms with E-state index in [9.17, 15) is 9.59 Å². The highest BCUT2D eigenvalue weighted by Crippen LogP contribution is 2.23. The lowest BCUT2D eigenvalue weighted by Gasteiger charge is -2.03. The van der Waals surface area contributed by atoms with E-state index in [1.807, 2.05) is 6.92 Å². The Morgan fingerprint density at radius 3 is 2.78 bits per heavy atom. The van der Waals surface area contributed by atoms with Gasteiger partial charge in [-0.05, 0) is 13.3 Å². The molecule has 0 radical (unpaired) electrons. The first-order chi connectivity index (χ1) is 8.60. The van der Waals surface area contributed by atoms with Gasteiger partial charge < -0.3 is 10.1 Å². The van der Waals surface area contributed by atoms with E-state index in [4.69, 9.17) is 16.3 Å². The van der Waals surface area contributed by atoms with Gasteiger partial charge in [0.25, 0.3) is 5.91 Å². The standard InChI is InChI=1S/C11H15ClN2O3S/c1-3-5-6-13-9(15)7-8(10(16)17-4-2)18-11(12)14-7/h3-6H2,1-2H3,(H,13,15). The summed E-state index contributed by atoms with van der Waals surface area (Å²) < 4.78 is 5.00. The molecule has 5 nitrogen and oxygen atoms in total. The number of amides is 1. The van der Waals surface area contributed by atoms with Crippen molar-refractivity contribution in [1.29, 1.82) is 0 Å². The van der Waals surface area contributed by atoms with Crippen LogP contribution in [0.1, 0.15) is 46.8 Å². The average Bonchev–Trinajstić information content (AvgIpc) is 2.72. The van der Waals surface area contributed by atoms with Crippen LogP contribution in [0, 0.1) is 0 Å². The highest BCUT2D eigenvalue weighted by molar-refractivity contribution is 7.17. The summed E-state index contributed by atoms with van der Waals surface area (Å²) in [6.45, 7) is 4.51. The number of nitrogens with one attached hydrogen (secondary N) is 1. The molecule has 1 amide bonds. The van der Waals surface area contributed by atoms with Crippen molar-refractivity contribution >= 4 is 34.8 Å². The zero-order valence-electron chi connectivity index (χ0n) is 10.3. The Morgan fingerprint density at radius 2 is 2.17 bits per heavy atom. The Hall–Kier alpha value is -1.14. The fraction of sp³-hybridized carbons (Fsp3) is 0.545. The predicted octanol–water partition coefficient (Wildman–Crippen LogP) is 2.50. The van der Waals surface area contributed by atoms with Crippen molar-refractivity contribution < 1.29 is 14.3 Å². The Morgan fingerprint density at radius 1 is 1.44 bits per heavy atom. The number of unbranched alkanes of at least 4 members (excludes halogenated alkanes) is 1. The van der Waals surface area contributed by atoms with E-state index in [0.29, 0.717) is 6.54 Å². The summed E-state index contributed by atoms with van der Waals surface area (Å²) in [4.78, 5) is 27.5. The summed E-state index contributed by atoms with van der Waals surface area (Å²) in [5, 5.41) is 2.69. The second kappa shape index (κ2) is 7.33. The van der Waals surface area contributed by atoms with Crippen LogP contribution in [0.15, 0.2) is 0 Å². The summed E-state index contributed by atoms with van der Waals surface area (Å²) in [5.41, 5.74) is 0.0413. The third-order valence-corrected chi connectivity index (χ3v) is 3.23. The van der Waals surface area contributed by atoms with Gasteiger partial charge in [0.2, 0.25) is 0 Å². The molecule has 7 heteroatoms. The zero-order valence-corrected chi connectivity index (χ0v) is 11.9. The molecule has 0 aromatic carbocycles. The van der Waals surface area contributed by atoms with Crippen molar-refractivity contribution in [2.45, 2.75) is 26.7 Å². The van der Waals surface area contributed by atoms with E-state index in [1.54, 1.807) is 6.92 Å². The first-order valence-corrected chi connectivity index (χ1v) is 6.91. The van der Waals surface area contributed by atoms with Crippen LogP contribution in [-0.2, 0) is 4.74 Å². The fourth-order valence-electron chi connectivity index (χ4n) is 1.25. The molecule has 0 atom stereocenters. The summed E-state index contributed by atoms with van der Waals surface area (Å²) in [5.74, 6) is -0.961. The van der Waals surface area contributed by atoms with E-state index in [-0.39, 0.29) is 21.6 Å². The van der Waals surface area contributed by atoms with E-state index in [0.717, 1.165) is 24.2 Å². The maximum Gasteiger partial charge on any atom is 0.350 e. The number of halogens is 1. The molecule has 0 saturated carbocycles. The number of ether oxygens (including phenoxy) is 1. The molecule has 0 aliphatic carbocycles. The summed E-state index contributed by atoms with van der Waals surface area (Å²) >= 11 is 6.68. The lowest BCUT2D eigenvalue weighted by Crippen LogP contribution is -2.26. The second-order valence-electron chi connectivity index (χ2n) is 3.47. The molecular weight excluding hydrogens is 276 g/mol. The first kappa shape index (κ1) is 14.9. The Kier molecular flexibility index (Phi) is 6.07. The van der Waals surface area contributed by atoms with Gasteiger partial charge in [-0.25, -0.2) is 9.78 Å². The summed E-state index contributed by atoms with van der Waals surface area (Å²) in [7, 11) is 0. The van der Waals surface area contributed by atoms with Gasteiger partial charge in [-0.15, -0.1) is 0 Å². The van der Waals surface area contributed by atoms with Crippen molar-refractivity contribution in [3.63, 3.8) is 0 Å². The van der Waals surface area contributed by atoms with Gasteiger partial charge >= 0.3 is 5.97 Å². The van der Waals surface area contributed by atoms with Crippen molar-refractivity contribution in [1.82, 2.24) is 10.3 Å². The van der Waals surface area contributed by atoms with E-state index >= 15 is 0 Å². The minimum Gasteiger partial charge on any atom is -0.462 e. The number of nitrogens with zero attached hydrogens (tertiary/aromatic N) is 1. The Labute approximate surface area is 115 Å². The maximum atomic E-state index is 11.8. The summed E-state index contributed by atoms with van der Waals surface area (Å²) in [6, 6.07) is 0. The zero-order chi connectivity index (χ0) is 13.5. The molecule has 0 fully saturated rings. The largest absolute Gasteiger partial charge is 0.462 e. The van der Waals surface area contributed by atoms with Gasteiger partial charge in [-0.3, -0.25) is 4.79 Å². The average molecular weight is 291 g/mol. The van der Waals surface area contributed by atoms with Gasteiger partial charge in [0, 0.05) is 6.54 Å². The van der Waals surface area contributed by atoms with Crippen LogP contribution in [-0.4, -0.2) is 30.0 Å². The number of hydrogen-bond donors (Lipinski definition) is 1. The molecule has 0 saturated heterocycles. The minimum absolute atomic E-state index is 0.0413. The predicted molar refractivity (Wildman–Crippen MR) is 70.3 cm³/mol. The number of rotatable bonds is 6. The molecule has 1 aromatic heterocycles. The highest BCUT2D eigenvalue weighted by atomic mass is 35.5. The van der Waals surface area contributed by atoms with E-state index < -0.39 is 11.9 Å². The third-order valence-electron chi connectivity index (χ3n) is 2.09. The number of hydrogen-bond acceptors (Lipinski definition) is 5. The monoisotopic (exact) mass is 290 g/mol. The smallest absolute Gasteiger partial charge is 0.350 e. The quantitative estimate of drug-likeness (QED) is 0.645. The Bertz CT molecular complexity index is 434. The van der Waals surface area contributed by atoms with Gasteiger partial charge in [0.1, 0.15) is 4.88 Å². The number of thiazole rings is 1. The summed E-state index contributed by atoms with van der Waals surface area (Å²) in [6.07, 6.45) is 1.85. The van der Waals surface area contributed by atoms with E-state index in [1.165, 1.54) is 0 Å². The van der Waals surface area contributed by atoms with Crippen LogP contribution < -0.4 is 5.32 Å². The van der Waals surface area contributed by atoms with Gasteiger partial charge in [0.05, 0.1) is 6.61 Å².